The zero-order valence-corrected chi connectivity index (χ0v) is 17.5. The van der Waals surface area contributed by atoms with E-state index in [1.54, 1.807) is 6.20 Å². The highest BCUT2D eigenvalue weighted by Crippen LogP contribution is 2.31. The van der Waals surface area contributed by atoms with E-state index in [2.05, 4.69) is 4.98 Å². The first kappa shape index (κ1) is 19.6. The topological polar surface area (TPSA) is 76.1 Å². The fourth-order valence-electron chi connectivity index (χ4n) is 4.49. The van der Waals surface area contributed by atoms with Crippen molar-refractivity contribution in [1.29, 1.82) is 0 Å². The SMILES string of the molecule is C[C@H](C(=O)c1c[nH]c2ccccc12)[NH+]1CCN(C(=O)[C@@H]2COc3ccccc3O2)CC1. The number of ketones is 1. The number of hydrogen-bond acceptors (Lipinski definition) is 4. The number of para-hydroxylation sites is 3. The van der Waals surface area contributed by atoms with Crippen molar-refractivity contribution >= 4 is 22.6 Å². The molecule has 31 heavy (non-hydrogen) atoms. The summed E-state index contributed by atoms with van der Waals surface area (Å²) in [5, 5.41) is 0.960. The van der Waals surface area contributed by atoms with Crippen molar-refractivity contribution in [2.24, 2.45) is 0 Å². The normalized spacial score (nSPS) is 19.9. The van der Waals surface area contributed by atoms with Crippen molar-refractivity contribution in [2.75, 3.05) is 32.8 Å². The molecule has 0 bridgehead atoms. The Hall–Kier alpha value is -3.32. The molecule has 1 fully saturated rings. The van der Waals surface area contributed by atoms with Gasteiger partial charge in [0.15, 0.2) is 11.5 Å². The Kier molecular flexibility index (Phi) is 5.11. The van der Waals surface area contributed by atoms with Crippen LogP contribution in [0.5, 0.6) is 11.5 Å². The van der Waals surface area contributed by atoms with Crippen LogP contribution >= 0.6 is 0 Å². The van der Waals surface area contributed by atoms with Gasteiger partial charge in [-0.15, -0.1) is 0 Å². The number of piperazine rings is 1. The smallest absolute Gasteiger partial charge is 0.267 e. The van der Waals surface area contributed by atoms with Crippen LogP contribution in [-0.4, -0.2) is 66.5 Å². The van der Waals surface area contributed by atoms with Crippen molar-refractivity contribution in [1.82, 2.24) is 9.88 Å². The van der Waals surface area contributed by atoms with Crippen LogP contribution in [0.25, 0.3) is 10.9 Å². The molecule has 3 aromatic rings. The fraction of sp³-hybridized carbons (Fsp3) is 0.333. The lowest BCUT2D eigenvalue weighted by Gasteiger charge is -2.37. The molecule has 1 saturated heterocycles. The summed E-state index contributed by atoms with van der Waals surface area (Å²) in [6.45, 7) is 4.85. The zero-order valence-electron chi connectivity index (χ0n) is 17.5. The van der Waals surface area contributed by atoms with E-state index in [-0.39, 0.29) is 24.3 Å². The molecule has 2 aromatic carbocycles. The average molecular weight is 420 g/mol. The fourth-order valence-corrected chi connectivity index (χ4v) is 4.49. The summed E-state index contributed by atoms with van der Waals surface area (Å²) in [4.78, 5) is 32.3. The van der Waals surface area contributed by atoms with Gasteiger partial charge in [-0.1, -0.05) is 30.3 Å². The van der Waals surface area contributed by atoms with Crippen LogP contribution in [0.2, 0.25) is 0 Å². The Labute approximate surface area is 180 Å². The van der Waals surface area contributed by atoms with Crippen molar-refractivity contribution in [2.45, 2.75) is 19.1 Å². The second-order valence-electron chi connectivity index (χ2n) is 8.18. The van der Waals surface area contributed by atoms with Gasteiger partial charge in [0.2, 0.25) is 11.9 Å². The van der Waals surface area contributed by atoms with Gasteiger partial charge >= 0.3 is 0 Å². The Balaban J connectivity index is 1.20. The number of benzene rings is 2. The molecule has 2 atom stereocenters. The van der Waals surface area contributed by atoms with Gasteiger partial charge in [0.05, 0.1) is 26.2 Å². The highest BCUT2D eigenvalue weighted by atomic mass is 16.6. The number of ether oxygens (including phenoxy) is 2. The van der Waals surface area contributed by atoms with Gasteiger partial charge in [0.25, 0.3) is 5.91 Å². The van der Waals surface area contributed by atoms with E-state index < -0.39 is 6.10 Å². The van der Waals surface area contributed by atoms with E-state index in [1.807, 2.05) is 60.4 Å². The number of carbonyl (C=O) groups is 2. The molecule has 160 valence electrons. The highest BCUT2D eigenvalue weighted by Gasteiger charge is 2.36. The summed E-state index contributed by atoms with van der Waals surface area (Å²) in [7, 11) is 0. The molecule has 7 nitrogen and oxygen atoms in total. The second kappa shape index (κ2) is 8.07. The monoisotopic (exact) mass is 420 g/mol. The summed E-state index contributed by atoms with van der Waals surface area (Å²) in [6.07, 6.45) is 1.18. The number of Topliss-reactive ketones (excluding diaryl/α,β-unsaturated/α-hetero) is 1. The molecule has 0 aliphatic carbocycles. The van der Waals surface area contributed by atoms with Crippen LogP contribution in [0.1, 0.15) is 17.3 Å². The Morgan fingerprint density at radius 3 is 2.58 bits per heavy atom. The van der Waals surface area contributed by atoms with Crippen molar-refractivity contribution in [3.8, 4) is 11.5 Å². The molecular weight excluding hydrogens is 394 g/mol. The number of carbonyl (C=O) groups excluding carboxylic acids is 2. The first-order valence-electron chi connectivity index (χ1n) is 10.7. The van der Waals surface area contributed by atoms with Crippen LogP contribution in [0, 0.1) is 0 Å². The highest BCUT2D eigenvalue weighted by molar-refractivity contribution is 6.09. The zero-order chi connectivity index (χ0) is 21.4. The molecule has 7 heteroatoms. The van der Waals surface area contributed by atoms with Crippen LogP contribution in [0.4, 0.5) is 0 Å². The lowest BCUT2D eigenvalue weighted by atomic mass is 10.0. The average Bonchev–Trinajstić information content (AvgIpc) is 3.26. The Morgan fingerprint density at radius 2 is 1.77 bits per heavy atom. The lowest BCUT2D eigenvalue weighted by molar-refractivity contribution is -0.917. The molecule has 1 aromatic heterocycles. The molecular formula is C24H26N3O4+. The van der Waals surface area contributed by atoms with Crippen molar-refractivity contribution in [3.63, 3.8) is 0 Å². The van der Waals surface area contributed by atoms with Crippen LogP contribution in [0.3, 0.4) is 0 Å². The Bertz CT molecular complexity index is 1120. The second-order valence-corrected chi connectivity index (χ2v) is 8.18. The first-order valence-corrected chi connectivity index (χ1v) is 10.7. The van der Waals surface area contributed by atoms with Gasteiger partial charge in [-0.3, -0.25) is 9.59 Å². The summed E-state index contributed by atoms with van der Waals surface area (Å²) in [5.41, 5.74) is 1.71. The third-order valence-corrected chi connectivity index (χ3v) is 6.36. The first-order chi connectivity index (χ1) is 15.1. The minimum atomic E-state index is -0.623. The number of nitrogens with zero attached hydrogens (tertiary/aromatic N) is 1. The number of aromatic nitrogens is 1. The summed E-state index contributed by atoms with van der Waals surface area (Å²) in [5.74, 6) is 1.36. The molecule has 2 aliphatic heterocycles. The van der Waals surface area contributed by atoms with Gasteiger partial charge in [-0.2, -0.15) is 0 Å². The summed E-state index contributed by atoms with van der Waals surface area (Å²) < 4.78 is 11.6. The van der Waals surface area contributed by atoms with Gasteiger partial charge in [-0.25, -0.2) is 0 Å². The predicted octanol–water partition coefficient (Wildman–Crippen LogP) is 1.31. The molecule has 2 N–H and O–H groups in total. The molecule has 2 aliphatic rings. The molecule has 0 unspecified atom stereocenters. The molecule has 1 amide bonds. The summed E-state index contributed by atoms with van der Waals surface area (Å²) >= 11 is 0. The third-order valence-electron chi connectivity index (χ3n) is 6.36. The quantitative estimate of drug-likeness (QED) is 0.624. The largest absolute Gasteiger partial charge is 0.485 e. The van der Waals surface area contributed by atoms with Crippen molar-refractivity contribution in [3.05, 3.63) is 60.3 Å². The van der Waals surface area contributed by atoms with Gasteiger partial charge < -0.3 is 24.3 Å². The molecule has 0 saturated carbocycles. The van der Waals surface area contributed by atoms with E-state index in [4.69, 9.17) is 9.47 Å². The molecule has 0 spiro atoms. The van der Waals surface area contributed by atoms with Gasteiger partial charge in [-0.05, 0) is 25.1 Å². The van der Waals surface area contributed by atoms with E-state index in [9.17, 15) is 9.59 Å². The molecule has 5 rings (SSSR count). The van der Waals surface area contributed by atoms with E-state index in [0.29, 0.717) is 24.6 Å². The van der Waals surface area contributed by atoms with Crippen LogP contribution < -0.4 is 14.4 Å². The van der Waals surface area contributed by atoms with E-state index in [1.165, 1.54) is 4.90 Å². The standard InChI is InChI=1S/C24H25N3O4/c1-16(23(28)18-14-25-19-7-3-2-6-17(18)19)26-10-12-27(13-11-26)24(29)22-15-30-20-8-4-5-9-21(20)31-22/h2-9,14,16,22,25H,10-13,15H2,1H3/p+1/t16-,22+/m1/s1. The number of nitrogens with one attached hydrogen (secondary N) is 2. The lowest BCUT2D eigenvalue weighted by Crippen LogP contribution is -3.18. The number of aromatic amines is 1. The maximum Gasteiger partial charge on any atom is 0.267 e. The summed E-state index contributed by atoms with van der Waals surface area (Å²) in [6, 6.07) is 15.1. The maximum atomic E-state index is 13.1. The minimum absolute atomic E-state index is 0.0517. The number of rotatable bonds is 4. The van der Waals surface area contributed by atoms with Gasteiger partial charge in [0.1, 0.15) is 12.6 Å². The van der Waals surface area contributed by atoms with Crippen molar-refractivity contribution < 1.29 is 24.0 Å². The number of hydrogen-bond donors (Lipinski definition) is 2. The van der Waals surface area contributed by atoms with E-state index in [0.717, 1.165) is 29.6 Å². The maximum absolute atomic E-state index is 13.1. The van der Waals surface area contributed by atoms with Crippen LogP contribution in [-0.2, 0) is 4.79 Å². The predicted molar refractivity (Wildman–Crippen MR) is 116 cm³/mol. The number of fused-ring (bicyclic) bond motifs is 2. The van der Waals surface area contributed by atoms with E-state index >= 15 is 0 Å². The number of quaternary nitrogens is 1. The third kappa shape index (κ3) is 3.65. The molecule has 0 radical (unpaired) electrons. The Morgan fingerprint density at radius 1 is 1.06 bits per heavy atom. The number of H-pyrrole nitrogens is 1. The minimum Gasteiger partial charge on any atom is -0.485 e. The number of amides is 1. The van der Waals surface area contributed by atoms with Gasteiger partial charge in [0, 0.05) is 22.7 Å². The molecule has 3 heterocycles. The van der Waals surface area contributed by atoms with Crippen LogP contribution in [0.15, 0.2) is 54.7 Å².